The molecule has 0 aliphatic heterocycles. The van der Waals surface area contributed by atoms with Gasteiger partial charge in [-0.15, -0.1) is 0 Å². The predicted octanol–water partition coefficient (Wildman–Crippen LogP) is 3.05. The molecular formula is C18H24N2O2. The first-order valence-electron chi connectivity index (χ1n) is 7.46. The highest BCUT2D eigenvalue weighted by atomic mass is 16.5. The molecule has 0 heterocycles. The van der Waals surface area contributed by atoms with Crippen LogP contribution in [0, 0.1) is 0 Å². The minimum absolute atomic E-state index is 0.0456. The summed E-state index contributed by atoms with van der Waals surface area (Å²) in [4.78, 5) is 0. The van der Waals surface area contributed by atoms with E-state index in [9.17, 15) is 0 Å². The number of rotatable bonds is 7. The van der Waals surface area contributed by atoms with Crippen LogP contribution in [0.3, 0.4) is 0 Å². The predicted molar refractivity (Wildman–Crippen MR) is 89.3 cm³/mol. The monoisotopic (exact) mass is 300 g/mol. The van der Waals surface area contributed by atoms with Crippen LogP contribution in [0.1, 0.15) is 30.1 Å². The van der Waals surface area contributed by atoms with E-state index in [1.807, 2.05) is 36.4 Å². The molecule has 4 heteroatoms. The van der Waals surface area contributed by atoms with Crippen molar-refractivity contribution >= 4 is 0 Å². The van der Waals surface area contributed by atoms with Crippen LogP contribution in [0.5, 0.6) is 11.5 Å². The second-order valence-electron chi connectivity index (χ2n) is 5.11. The topological polar surface area (TPSA) is 56.5 Å². The fourth-order valence-corrected chi connectivity index (χ4v) is 2.50. The van der Waals surface area contributed by atoms with Crippen molar-refractivity contribution in [3.8, 4) is 11.5 Å². The molecule has 3 N–H and O–H groups in total. The van der Waals surface area contributed by atoms with E-state index >= 15 is 0 Å². The molecule has 0 spiro atoms. The van der Waals surface area contributed by atoms with Crippen molar-refractivity contribution < 1.29 is 9.47 Å². The molecule has 0 aromatic heterocycles. The summed E-state index contributed by atoms with van der Waals surface area (Å²) < 4.78 is 10.4. The Morgan fingerprint density at radius 1 is 0.864 bits per heavy atom. The van der Waals surface area contributed by atoms with E-state index in [4.69, 9.17) is 15.2 Å². The van der Waals surface area contributed by atoms with Crippen molar-refractivity contribution in [3.63, 3.8) is 0 Å². The van der Waals surface area contributed by atoms with Crippen LogP contribution in [-0.2, 0) is 0 Å². The summed E-state index contributed by atoms with van der Waals surface area (Å²) >= 11 is 0. The fourth-order valence-electron chi connectivity index (χ4n) is 2.50. The summed E-state index contributed by atoms with van der Waals surface area (Å²) in [6.45, 7) is 2.93. The number of methoxy groups -OCH3 is 2. The summed E-state index contributed by atoms with van der Waals surface area (Å²) in [5, 5.41) is 3.47. The lowest BCUT2D eigenvalue weighted by atomic mass is 9.94. The Balaban J connectivity index is 2.24. The Bertz CT molecular complexity index is 567. The summed E-state index contributed by atoms with van der Waals surface area (Å²) in [6, 6.07) is 15.8. The molecule has 2 aromatic rings. The van der Waals surface area contributed by atoms with Gasteiger partial charge >= 0.3 is 0 Å². The van der Waals surface area contributed by atoms with Gasteiger partial charge in [-0.3, -0.25) is 0 Å². The lowest BCUT2D eigenvalue weighted by molar-refractivity contribution is 0.412. The normalized spacial score (nSPS) is 13.5. The molecular weight excluding hydrogens is 276 g/mol. The zero-order valence-corrected chi connectivity index (χ0v) is 13.4. The number of nitrogens with two attached hydrogens (primary N) is 1. The van der Waals surface area contributed by atoms with E-state index in [-0.39, 0.29) is 12.1 Å². The molecule has 0 aliphatic rings. The molecule has 0 saturated heterocycles. The number of nitrogens with one attached hydrogen (secondary N) is 1. The van der Waals surface area contributed by atoms with Crippen molar-refractivity contribution in [1.82, 2.24) is 5.32 Å². The third kappa shape index (κ3) is 3.78. The zero-order chi connectivity index (χ0) is 15.9. The van der Waals surface area contributed by atoms with E-state index < -0.39 is 0 Å². The molecule has 0 saturated carbocycles. The van der Waals surface area contributed by atoms with Crippen LogP contribution in [0.15, 0.2) is 48.5 Å². The number of ether oxygens (including phenoxy) is 2. The van der Waals surface area contributed by atoms with Crippen molar-refractivity contribution in [2.75, 3.05) is 20.8 Å². The molecule has 0 unspecified atom stereocenters. The van der Waals surface area contributed by atoms with Gasteiger partial charge in [0.1, 0.15) is 11.5 Å². The Morgan fingerprint density at radius 3 is 1.73 bits per heavy atom. The van der Waals surface area contributed by atoms with Crippen LogP contribution in [-0.4, -0.2) is 20.8 Å². The maximum absolute atomic E-state index is 6.48. The first-order chi connectivity index (χ1) is 10.7. The third-order valence-electron chi connectivity index (χ3n) is 3.76. The van der Waals surface area contributed by atoms with Gasteiger partial charge in [0, 0.05) is 6.04 Å². The zero-order valence-electron chi connectivity index (χ0n) is 13.4. The number of likely N-dealkylation sites (N-methyl/N-ethyl adjacent to an activating group) is 1. The van der Waals surface area contributed by atoms with Crippen LogP contribution in [0.4, 0.5) is 0 Å². The molecule has 0 radical (unpaired) electrons. The van der Waals surface area contributed by atoms with Crippen LogP contribution >= 0.6 is 0 Å². The fraction of sp³-hybridized carbons (Fsp3) is 0.333. The molecule has 4 nitrogen and oxygen atoms in total. The number of hydrogen-bond donors (Lipinski definition) is 2. The molecule has 0 aliphatic carbocycles. The van der Waals surface area contributed by atoms with Crippen molar-refractivity contribution in [3.05, 3.63) is 59.7 Å². The largest absolute Gasteiger partial charge is 0.497 e. The lowest BCUT2D eigenvalue weighted by Gasteiger charge is -2.26. The van der Waals surface area contributed by atoms with Gasteiger partial charge in [-0.05, 0) is 41.9 Å². The average molecular weight is 300 g/mol. The van der Waals surface area contributed by atoms with Crippen LogP contribution < -0.4 is 20.5 Å². The minimum atomic E-state index is -0.140. The van der Waals surface area contributed by atoms with Gasteiger partial charge in [-0.1, -0.05) is 31.2 Å². The van der Waals surface area contributed by atoms with Gasteiger partial charge in [0.25, 0.3) is 0 Å². The summed E-state index contributed by atoms with van der Waals surface area (Å²) in [6.07, 6.45) is 0. The Morgan fingerprint density at radius 2 is 1.32 bits per heavy atom. The summed E-state index contributed by atoms with van der Waals surface area (Å²) in [5.41, 5.74) is 8.70. The van der Waals surface area contributed by atoms with E-state index in [0.29, 0.717) is 0 Å². The van der Waals surface area contributed by atoms with E-state index in [2.05, 4.69) is 24.4 Å². The van der Waals surface area contributed by atoms with Gasteiger partial charge < -0.3 is 20.5 Å². The Kier molecular flexibility index (Phi) is 5.81. The maximum Gasteiger partial charge on any atom is 0.118 e. The quantitative estimate of drug-likeness (QED) is 0.825. The van der Waals surface area contributed by atoms with E-state index in [0.717, 1.165) is 29.2 Å². The highest BCUT2D eigenvalue weighted by Gasteiger charge is 2.20. The van der Waals surface area contributed by atoms with Crippen LogP contribution in [0.2, 0.25) is 0 Å². The van der Waals surface area contributed by atoms with Gasteiger partial charge in [0.15, 0.2) is 0 Å². The number of hydrogen-bond acceptors (Lipinski definition) is 4. The summed E-state index contributed by atoms with van der Waals surface area (Å²) in [5.74, 6) is 1.68. The molecule has 2 aromatic carbocycles. The van der Waals surface area contributed by atoms with Crippen molar-refractivity contribution in [2.24, 2.45) is 5.73 Å². The smallest absolute Gasteiger partial charge is 0.118 e. The van der Waals surface area contributed by atoms with E-state index in [1.165, 1.54) is 0 Å². The first-order valence-corrected chi connectivity index (χ1v) is 7.46. The van der Waals surface area contributed by atoms with Crippen molar-refractivity contribution in [2.45, 2.75) is 19.0 Å². The lowest BCUT2D eigenvalue weighted by Crippen LogP contribution is -2.31. The Hall–Kier alpha value is -2.04. The van der Waals surface area contributed by atoms with Gasteiger partial charge in [-0.25, -0.2) is 0 Å². The molecule has 118 valence electrons. The average Bonchev–Trinajstić information content (AvgIpc) is 2.59. The SMILES string of the molecule is CCN[C@H](c1ccc(OC)cc1)[C@@H](N)c1ccc(OC)cc1. The first kappa shape index (κ1) is 16.3. The van der Waals surface area contributed by atoms with Crippen LogP contribution in [0.25, 0.3) is 0 Å². The Labute approximate surface area is 132 Å². The second kappa shape index (κ2) is 7.82. The highest BCUT2D eigenvalue weighted by Crippen LogP contribution is 2.29. The van der Waals surface area contributed by atoms with Gasteiger partial charge in [-0.2, -0.15) is 0 Å². The third-order valence-corrected chi connectivity index (χ3v) is 3.76. The molecule has 2 atom stereocenters. The molecule has 0 fully saturated rings. The second-order valence-corrected chi connectivity index (χ2v) is 5.11. The summed E-state index contributed by atoms with van der Waals surface area (Å²) in [7, 11) is 3.33. The molecule has 2 rings (SSSR count). The standard InChI is InChI=1S/C18H24N2O2/c1-4-20-18(14-7-11-16(22-3)12-8-14)17(19)13-5-9-15(21-2)10-6-13/h5-12,17-18,20H,4,19H2,1-3H3/t17-,18+/m0/s1. The number of benzene rings is 2. The molecule has 22 heavy (non-hydrogen) atoms. The van der Waals surface area contributed by atoms with Crippen molar-refractivity contribution in [1.29, 1.82) is 0 Å². The van der Waals surface area contributed by atoms with Gasteiger partial charge in [0.2, 0.25) is 0 Å². The molecule has 0 amide bonds. The minimum Gasteiger partial charge on any atom is -0.497 e. The molecule has 0 bridgehead atoms. The van der Waals surface area contributed by atoms with Gasteiger partial charge in [0.05, 0.1) is 20.3 Å². The maximum atomic E-state index is 6.48. The highest BCUT2D eigenvalue weighted by molar-refractivity contribution is 5.34. The van der Waals surface area contributed by atoms with E-state index in [1.54, 1.807) is 14.2 Å².